The number of nitro groups is 1. The van der Waals surface area contributed by atoms with Crippen LogP contribution in [0.2, 0.25) is 5.02 Å². The number of rotatable bonds is 3. The molecule has 9 heteroatoms. The van der Waals surface area contributed by atoms with Gasteiger partial charge in [-0.3, -0.25) is 19.8 Å². The van der Waals surface area contributed by atoms with Crippen LogP contribution in [0.4, 0.5) is 10.7 Å². The summed E-state index contributed by atoms with van der Waals surface area (Å²) in [5.41, 5.74) is 9.46. The largest absolute Gasteiger partial charge is 0.384 e. The van der Waals surface area contributed by atoms with Gasteiger partial charge in [-0.1, -0.05) is 29.0 Å². The first-order chi connectivity index (χ1) is 14.3. The molecule has 2 aliphatic rings. The van der Waals surface area contributed by atoms with Crippen molar-refractivity contribution in [3.63, 3.8) is 0 Å². The lowest BCUT2D eigenvalue weighted by Gasteiger charge is -2.39. The van der Waals surface area contributed by atoms with Gasteiger partial charge in [-0.05, 0) is 43.5 Å². The number of Topliss-reactive ketones (excluding diaryl/α,β-unsaturated/α-hetero) is 1. The van der Waals surface area contributed by atoms with E-state index in [9.17, 15) is 20.2 Å². The molecule has 30 heavy (non-hydrogen) atoms. The Morgan fingerprint density at radius 2 is 2.10 bits per heavy atom. The molecular formula is C21H17ClN4O3S. The number of ketones is 1. The Morgan fingerprint density at radius 1 is 1.33 bits per heavy atom. The van der Waals surface area contributed by atoms with Gasteiger partial charge in [0, 0.05) is 39.3 Å². The lowest BCUT2D eigenvalue weighted by molar-refractivity contribution is -0.380. The van der Waals surface area contributed by atoms with Crippen LogP contribution in [0.3, 0.4) is 0 Å². The molecule has 1 aromatic heterocycles. The smallest absolute Gasteiger partial charge is 0.324 e. The minimum absolute atomic E-state index is 0.0426. The molecule has 0 amide bonds. The lowest BCUT2D eigenvalue weighted by atomic mass is 9.78. The van der Waals surface area contributed by atoms with E-state index in [2.05, 4.69) is 6.07 Å². The van der Waals surface area contributed by atoms with Gasteiger partial charge in [0.2, 0.25) is 0 Å². The highest BCUT2D eigenvalue weighted by Crippen LogP contribution is 2.48. The molecule has 152 valence electrons. The Kier molecular flexibility index (Phi) is 5.10. The predicted octanol–water partition coefficient (Wildman–Crippen LogP) is 4.92. The molecule has 1 atom stereocenters. The summed E-state index contributed by atoms with van der Waals surface area (Å²) in [6, 6.07) is 10.6. The molecule has 1 aliphatic carbocycles. The van der Waals surface area contributed by atoms with Crippen LogP contribution in [0.5, 0.6) is 0 Å². The molecule has 0 fully saturated rings. The van der Waals surface area contributed by atoms with Crippen molar-refractivity contribution in [3.05, 3.63) is 78.6 Å². The maximum absolute atomic E-state index is 13.0. The fourth-order valence-electron chi connectivity index (χ4n) is 3.98. The van der Waals surface area contributed by atoms with Crippen molar-refractivity contribution < 1.29 is 9.72 Å². The first-order valence-electron chi connectivity index (χ1n) is 9.30. The molecule has 0 radical (unpaired) electrons. The lowest BCUT2D eigenvalue weighted by Crippen LogP contribution is -2.38. The molecule has 4 rings (SSSR count). The number of aryl methyl sites for hydroxylation is 1. The number of allylic oxidation sites excluding steroid dienone is 3. The SMILES string of the molecule is Cc1ccc(N2C(N)=C(C#N)[C@@H](c3ccc([N+](=O)[O-])s3)C3=C2CCCC3=O)cc1Cl. The average Bonchev–Trinajstić information content (AvgIpc) is 3.20. The molecular weight excluding hydrogens is 424 g/mol. The summed E-state index contributed by atoms with van der Waals surface area (Å²) < 4.78 is 0. The number of carbonyl (C=O) groups excluding carboxylic acids is 1. The van der Waals surface area contributed by atoms with E-state index in [1.165, 1.54) is 6.07 Å². The number of halogens is 1. The normalized spacial score (nSPS) is 19.0. The van der Waals surface area contributed by atoms with Crippen LogP contribution in [0.15, 0.2) is 53.0 Å². The van der Waals surface area contributed by atoms with Gasteiger partial charge < -0.3 is 5.73 Å². The summed E-state index contributed by atoms with van der Waals surface area (Å²) in [7, 11) is 0. The van der Waals surface area contributed by atoms with Crippen LogP contribution in [-0.4, -0.2) is 10.7 Å². The molecule has 0 unspecified atom stereocenters. The Morgan fingerprint density at radius 3 is 2.73 bits per heavy atom. The van der Waals surface area contributed by atoms with Gasteiger partial charge in [-0.2, -0.15) is 5.26 Å². The monoisotopic (exact) mass is 440 g/mol. The highest BCUT2D eigenvalue weighted by Gasteiger charge is 2.41. The second kappa shape index (κ2) is 7.59. The summed E-state index contributed by atoms with van der Waals surface area (Å²) >= 11 is 7.28. The number of hydrogen-bond donors (Lipinski definition) is 1. The van der Waals surface area contributed by atoms with Crippen molar-refractivity contribution in [1.82, 2.24) is 0 Å². The summed E-state index contributed by atoms with van der Waals surface area (Å²) in [5, 5.41) is 21.6. The van der Waals surface area contributed by atoms with Gasteiger partial charge in [-0.25, -0.2) is 0 Å². The van der Waals surface area contributed by atoms with Crippen LogP contribution in [0.25, 0.3) is 0 Å². The maximum Gasteiger partial charge on any atom is 0.324 e. The van der Waals surface area contributed by atoms with E-state index >= 15 is 0 Å². The fraction of sp³-hybridized carbons (Fsp3) is 0.238. The number of carbonyl (C=O) groups is 1. The van der Waals surface area contributed by atoms with Crippen molar-refractivity contribution in [2.45, 2.75) is 32.1 Å². The van der Waals surface area contributed by atoms with Gasteiger partial charge in [0.25, 0.3) is 0 Å². The van der Waals surface area contributed by atoms with E-state index in [0.717, 1.165) is 22.6 Å². The Bertz CT molecular complexity index is 1190. The van der Waals surface area contributed by atoms with E-state index in [1.54, 1.807) is 17.0 Å². The molecule has 0 saturated carbocycles. The first kappa shape index (κ1) is 20.1. The molecule has 2 heterocycles. The van der Waals surface area contributed by atoms with Crippen LogP contribution in [-0.2, 0) is 4.79 Å². The molecule has 1 aliphatic heterocycles. The maximum atomic E-state index is 13.0. The van der Waals surface area contributed by atoms with Crippen molar-refractivity contribution in [2.24, 2.45) is 5.73 Å². The van der Waals surface area contributed by atoms with Crippen molar-refractivity contribution in [3.8, 4) is 6.07 Å². The third-order valence-electron chi connectivity index (χ3n) is 5.40. The zero-order valence-corrected chi connectivity index (χ0v) is 17.6. The second-order valence-corrected chi connectivity index (χ2v) is 8.68. The minimum Gasteiger partial charge on any atom is -0.384 e. The van der Waals surface area contributed by atoms with E-state index in [-0.39, 0.29) is 22.2 Å². The average molecular weight is 441 g/mol. The standard InChI is InChI=1S/C21H17ClN4O3S/c1-11-5-6-12(9-14(11)22)25-15-3-2-4-16(27)20(15)19(13(10-23)21(25)24)17-7-8-18(30-17)26(28)29/h5-9,19H,2-4,24H2,1H3/t19-/m0/s1. The summed E-state index contributed by atoms with van der Waals surface area (Å²) in [6.45, 7) is 1.89. The van der Waals surface area contributed by atoms with Crippen LogP contribution >= 0.6 is 22.9 Å². The molecule has 2 N–H and O–H groups in total. The third-order valence-corrected chi connectivity index (χ3v) is 6.91. The Balaban J connectivity index is 1.95. The minimum atomic E-state index is -0.700. The first-order valence-corrected chi connectivity index (χ1v) is 10.5. The Hall–Kier alpha value is -3.15. The van der Waals surface area contributed by atoms with Crippen LogP contribution in [0, 0.1) is 28.4 Å². The van der Waals surface area contributed by atoms with Crippen molar-refractivity contribution in [2.75, 3.05) is 4.90 Å². The van der Waals surface area contributed by atoms with Gasteiger partial charge in [0.15, 0.2) is 5.78 Å². The predicted molar refractivity (Wildman–Crippen MR) is 115 cm³/mol. The summed E-state index contributed by atoms with van der Waals surface area (Å²) in [6.07, 6.45) is 1.64. The number of thiophene rings is 1. The van der Waals surface area contributed by atoms with Gasteiger partial charge in [-0.15, -0.1) is 0 Å². The van der Waals surface area contributed by atoms with Gasteiger partial charge in [0.1, 0.15) is 5.82 Å². The third kappa shape index (κ3) is 3.16. The number of nitriles is 1. The van der Waals surface area contributed by atoms with Crippen molar-refractivity contribution in [1.29, 1.82) is 5.26 Å². The second-order valence-electron chi connectivity index (χ2n) is 7.18. The van der Waals surface area contributed by atoms with Gasteiger partial charge >= 0.3 is 5.00 Å². The number of benzene rings is 1. The molecule has 0 spiro atoms. The molecule has 0 bridgehead atoms. The van der Waals surface area contributed by atoms with Crippen molar-refractivity contribution >= 4 is 39.4 Å². The topological polar surface area (TPSA) is 113 Å². The van der Waals surface area contributed by atoms with E-state index in [0.29, 0.717) is 40.4 Å². The zero-order valence-electron chi connectivity index (χ0n) is 16.0. The zero-order chi connectivity index (χ0) is 21.6. The van der Waals surface area contributed by atoms with E-state index in [4.69, 9.17) is 17.3 Å². The molecule has 0 saturated heterocycles. The number of anilines is 1. The quantitative estimate of drug-likeness (QED) is 0.535. The van der Waals surface area contributed by atoms with Gasteiger partial charge in [0.05, 0.1) is 22.5 Å². The summed E-state index contributed by atoms with van der Waals surface area (Å²) in [5.74, 6) is -0.554. The molecule has 7 nitrogen and oxygen atoms in total. The van der Waals surface area contributed by atoms with E-state index < -0.39 is 10.8 Å². The van der Waals surface area contributed by atoms with Crippen LogP contribution < -0.4 is 10.6 Å². The Labute approximate surface area is 181 Å². The fourth-order valence-corrected chi connectivity index (χ4v) is 5.10. The van der Waals surface area contributed by atoms with Crippen LogP contribution in [0.1, 0.15) is 35.6 Å². The highest BCUT2D eigenvalue weighted by molar-refractivity contribution is 7.15. The highest BCUT2D eigenvalue weighted by atomic mass is 35.5. The number of nitrogens with zero attached hydrogens (tertiary/aromatic N) is 3. The molecule has 1 aromatic carbocycles. The summed E-state index contributed by atoms with van der Waals surface area (Å²) in [4.78, 5) is 26.0. The number of hydrogen-bond acceptors (Lipinski definition) is 7. The van der Waals surface area contributed by atoms with E-state index in [1.807, 2.05) is 19.1 Å². The number of nitrogens with two attached hydrogens (primary N) is 1. The molecule has 2 aromatic rings.